The molecule has 0 unspecified atom stereocenters. The van der Waals surface area contributed by atoms with Gasteiger partial charge in [0, 0.05) is 29.8 Å². The number of hydrogen-bond acceptors (Lipinski definition) is 9. The van der Waals surface area contributed by atoms with Gasteiger partial charge in [0.1, 0.15) is 18.0 Å². The Morgan fingerprint density at radius 1 is 1.02 bits per heavy atom. The summed E-state index contributed by atoms with van der Waals surface area (Å²) < 4.78 is 23.1. The summed E-state index contributed by atoms with van der Waals surface area (Å²) in [7, 11) is 3.09. The van der Waals surface area contributed by atoms with Crippen LogP contribution in [0.4, 0.5) is 10.5 Å². The molecule has 7 rings (SSSR count). The van der Waals surface area contributed by atoms with E-state index in [4.69, 9.17) is 42.1 Å². The number of piperidine rings is 3. The Hall–Kier alpha value is -4.38. The first-order chi connectivity index (χ1) is 24.1. The van der Waals surface area contributed by atoms with Gasteiger partial charge in [-0.25, -0.2) is 9.59 Å². The molecular weight excluding hydrogens is 681 g/mol. The molecule has 0 saturated carbocycles. The summed E-state index contributed by atoms with van der Waals surface area (Å²) >= 11 is 13.0. The Balaban J connectivity index is 1.22. The third kappa shape index (κ3) is 7.83. The molecule has 3 fully saturated rings. The molecule has 0 radical (unpaired) electrons. The third-order valence-electron chi connectivity index (χ3n) is 9.69. The summed E-state index contributed by atoms with van der Waals surface area (Å²) in [5.41, 5.74) is 3.54. The number of phenolic OH excluding ortho intramolecular Hbond substituents is 1. The molecule has 4 heterocycles. The van der Waals surface area contributed by atoms with Crippen molar-refractivity contribution in [2.24, 2.45) is 5.92 Å². The van der Waals surface area contributed by atoms with E-state index in [1.807, 2.05) is 6.07 Å². The van der Waals surface area contributed by atoms with Gasteiger partial charge >= 0.3 is 12.1 Å². The maximum Gasteiger partial charge on any atom is 0.414 e. The first kappa shape index (κ1) is 35.4. The topological polar surface area (TPSA) is 110 Å². The predicted molar refractivity (Wildman–Crippen MR) is 192 cm³/mol. The molecule has 0 aromatic heterocycles. The van der Waals surface area contributed by atoms with E-state index in [1.165, 1.54) is 7.11 Å². The molecule has 4 aliphatic rings. The Morgan fingerprint density at radius 2 is 1.76 bits per heavy atom. The summed E-state index contributed by atoms with van der Waals surface area (Å²) in [6.45, 7) is 5.14. The highest BCUT2D eigenvalue weighted by atomic mass is 35.5. The smallest absolute Gasteiger partial charge is 0.414 e. The van der Waals surface area contributed by atoms with E-state index in [0.717, 1.165) is 38.0 Å². The first-order valence-corrected chi connectivity index (χ1v) is 17.4. The number of rotatable bonds is 11. The van der Waals surface area contributed by atoms with Crippen molar-refractivity contribution in [3.8, 4) is 17.2 Å². The lowest BCUT2D eigenvalue weighted by Crippen LogP contribution is -2.53. The first-order valence-electron chi connectivity index (χ1n) is 16.6. The van der Waals surface area contributed by atoms with Crippen LogP contribution in [0, 0.1) is 12.8 Å². The number of fused-ring (bicyclic) bond motifs is 3. The van der Waals surface area contributed by atoms with E-state index in [-0.39, 0.29) is 24.8 Å². The van der Waals surface area contributed by atoms with Crippen LogP contribution in [-0.2, 0) is 16.0 Å². The van der Waals surface area contributed by atoms with E-state index >= 15 is 0 Å². The number of hydrogen-bond donors (Lipinski definition) is 2. The van der Waals surface area contributed by atoms with Crippen LogP contribution in [0.25, 0.3) is 0 Å². The molecule has 4 aliphatic heterocycles. The van der Waals surface area contributed by atoms with Gasteiger partial charge in [0.15, 0.2) is 11.5 Å². The monoisotopic (exact) mass is 721 g/mol. The number of dihydropyridines is 1. The maximum absolute atomic E-state index is 13.8. The lowest BCUT2D eigenvalue weighted by molar-refractivity contribution is -0.0311. The largest absolute Gasteiger partial charge is 0.508 e. The predicted octanol–water partition coefficient (Wildman–Crippen LogP) is 7.42. The normalized spacial score (nSPS) is 20.3. The van der Waals surface area contributed by atoms with Crippen LogP contribution in [0.2, 0.25) is 0 Å². The molecule has 3 aromatic carbocycles. The number of nitrogens with one attached hydrogen (secondary N) is 1. The van der Waals surface area contributed by atoms with Gasteiger partial charge in [0.05, 0.1) is 43.6 Å². The molecule has 0 aliphatic carbocycles. The van der Waals surface area contributed by atoms with Crippen LogP contribution >= 0.6 is 23.2 Å². The van der Waals surface area contributed by atoms with Crippen molar-refractivity contribution in [3.63, 3.8) is 0 Å². The number of methoxy groups -OCH3 is 2. The number of nitrogens with zero attached hydrogens (tertiary/aromatic N) is 2. The van der Waals surface area contributed by atoms with E-state index in [0.29, 0.717) is 62.0 Å². The lowest BCUT2D eigenvalue weighted by atomic mass is 9.86. The second-order valence-corrected chi connectivity index (χ2v) is 13.6. The molecule has 1 amide bonds. The molecule has 12 heteroatoms. The van der Waals surface area contributed by atoms with Crippen molar-refractivity contribution in [2.45, 2.75) is 44.9 Å². The molecule has 3 saturated heterocycles. The quantitative estimate of drug-likeness (QED) is 0.196. The van der Waals surface area contributed by atoms with E-state index in [1.54, 1.807) is 79.7 Å². The van der Waals surface area contributed by atoms with Crippen LogP contribution in [0.5, 0.6) is 17.2 Å². The van der Waals surface area contributed by atoms with Gasteiger partial charge in [-0.2, -0.15) is 0 Å². The summed E-state index contributed by atoms with van der Waals surface area (Å²) in [6.07, 6.45) is 2.52. The van der Waals surface area contributed by atoms with E-state index < -0.39 is 18.2 Å². The zero-order chi connectivity index (χ0) is 35.4. The highest BCUT2D eigenvalue weighted by molar-refractivity contribution is 6.36. The minimum absolute atomic E-state index is 0.0866. The lowest BCUT2D eigenvalue weighted by Gasteiger charge is -2.44. The van der Waals surface area contributed by atoms with Crippen LogP contribution in [0.15, 0.2) is 82.5 Å². The summed E-state index contributed by atoms with van der Waals surface area (Å²) in [5, 5.41) is 14.5. The highest BCUT2D eigenvalue weighted by Gasteiger charge is 2.38. The number of halogens is 2. The number of aromatic hydroxyl groups is 1. The Morgan fingerprint density at radius 3 is 2.42 bits per heavy atom. The van der Waals surface area contributed by atoms with Gasteiger partial charge in [-0.15, -0.1) is 0 Å². The van der Waals surface area contributed by atoms with Crippen molar-refractivity contribution in [1.82, 2.24) is 10.2 Å². The summed E-state index contributed by atoms with van der Waals surface area (Å²) in [4.78, 5) is 31.3. The standard InChI is InChI=1S/C38H41Cl2N3O7/c1-23-31(5-4-6-32(23)44)43(38(46)50-36-22-42-15-13-25(36)14-16-42)21-24-7-9-26(10-8-24)37(45)49-34(18-28-29(39)19-41-20-30(28)40)27-11-12-33(47-2)35(17-27)48-3/h4-12,17,19,25,34,36,41,44H,13-16,18,20-22H2,1-3H3/t34-,36-/m0/s1. The average Bonchev–Trinajstić information content (AvgIpc) is 3.13. The van der Waals surface area contributed by atoms with E-state index in [9.17, 15) is 14.7 Å². The van der Waals surface area contributed by atoms with Crippen molar-refractivity contribution < 1.29 is 33.6 Å². The van der Waals surface area contributed by atoms with Crippen molar-refractivity contribution in [1.29, 1.82) is 0 Å². The van der Waals surface area contributed by atoms with Crippen LogP contribution in [0.3, 0.4) is 0 Å². The number of carbonyl (C=O) groups is 2. The number of carbonyl (C=O) groups excluding carboxylic acids is 2. The number of benzene rings is 3. The Labute approximate surface area is 302 Å². The Bertz CT molecular complexity index is 1790. The highest BCUT2D eigenvalue weighted by Crippen LogP contribution is 2.38. The molecule has 10 nitrogen and oxygen atoms in total. The molecular formula is C38H41Cl2N3O7. The van der Waals surface area contributed by atoms with Gasteiger partial charge in [-0.05, 0) is 91.9 Å². The minimum Gasteiger partial charge on any atom is -0.508 e. The number of esters is 1. The molecule has 3 aromatic rings. The van der Waals surface area contributed by atoms with Gasteiger partial charge in [-0.3, -0.25) is 9.80 Å². The average molecular weight is 723 g/mol. The van der Waals surface area contributed by atoms with Gasteiger partial charge in [-0.1, -0.05) is 47.5 Å². The van der Waals surface area contributed by atoms with E-state index in [2.05, 4.69) is 10.2 Å². The van der Waals surface area contributed by atoms with Gasteiger partial charge in [0.25, 0.3) is 0 Å². The molecule has 2 bridgehead atoms. The van der Waals surface area contributed by atoms with Crippen molar-refractivity contribution >= 4 is 41.0 Å². The maximum atomic E-state index is 13.8. The van der Waals surface area contributed by atoms with Crippen LogP contribution < -0.4 is 19.7 Å². The van der Waals surface area contributed by atoms with Crippen molar-refractivity contribution in [3.05, 3.63) is 105 Å². The zero-order valence-electron chi connectivity index (χ0n) is 28.3. The van der Waals surface area contributed by atoms with Crippen LogP contribution in [-0.4, -0.2) is 68.6 Å². The summed E-state index contributed by atoms with van der Waals surface area (Å²) in [6, 6.07) is 17.3. The third-order valence-corrected chi connectivity index (χ3v) is 10.4. The van der Waals surface area contributed by atoms with Crippen LogP contribution in [0.1, 0.15) is 52.4 Å². The molecule has 264 valence electrons. The number of amides is 1. The number of anilines is 1. The molecule has 2 N–H and O–H groups in total. The fourth-order valence-electron chi connectivity index (χ4n) is 6.74. The number of ether oxygens (including phenoxy) is 4. The zero-order valence-corrected chi connectivity index (χ0v) is 29.8. The van der Waals surface area contributed by atoms with Gasteiger partial charge < -0.3 is 29.4 Å². The number of allylic oxidation sites excluding steroid dienone is 1. The molecule has 0 spiro atoms. The minimum atomic E-state index is -0.753. The number of phenols is 1. The molecule has 50 heavy (non-hydrogen) atoms. The van der Waals surface area contributed by atoms with Gasteiger partial charge in [0.2, 0.25) is 0 Å². The fraction of sp³-hybridized carbons (Fsp3) is 0.368. The molecule has 2 atom stereocenters. The second-order valence-electron chi connectivity index (χ2n) is 12.7. The second kappa shape index (κ2) is 15.7. The van der Waals surface area contributed by atoms with Crippen molar-refractivity contribution in [2.75, 3.05) is 45.3 Å². The summed E-state index contributed by atoms with van der Waals surface area (Å²) in [5.74, 6) is 0.906. The SMILES string of the molecule is COc1ccc([C@H](CC2=C(Cl)CNC=C2Cl)OC(=O)c2ccc(CN(C(=O)O[C@H]3CN4CCC3CC4)c3cccc(O)c3C)cc2)cc1OC. The Kier molecular flexibility index (Phi) is 11.1. The fourth-order valence-corrected chi connectivity index (χ4v) is 7.32.